The van der Waals surface area contributed by atoms with Crippen LogP contribution in [0.1, 0.15) is 316 Å². The summed E-state index contributed by atoms with van der Waals surface area (Å²) in [6.45, 7) is 6.47. The molecule has 0 fully saturated rings. The first-order chi connectivity index (χ1) is 35.0. The molecule has 0 N–H and O–H groups in total. The topological polar surface area (TPSA) is 78.9 Å². The van der Waals surface area contributed by atoms with Crippen molar-refractivity contribution in [2.24, 2.45) is 0 Å². The Morgan fingerprint density at radius 2 is 0.535 bits per heavy atom. The van der Waals surface area contributed by atoms with Gasteiger partial charge >= 0.3 is 17.9 Å². The SMILES string of the molecule is CC/C=C\C/C=C\C/C=C\C/C=C\C/C=C\CC(=O)OC(COC(=O)CCCCCCCCCCCCC)COC(=O)CCCCCCCCCCCCCCCCCCCCCCCCCCCCC. The van der Waals surface area contributed by atoms with Crippen molar-refractivity contribution < 1.29 is 28.6 Å². The maximum atomic E-state index is 12.8. The molecule has 0 aliphatic rings. The van der Waals surface area contributed by atoms with Crippen LogP contribution in [0.15, 0.2) is 60.8 Å². The van der Waals surface area contributed by atoms with Gasteiger partial charge in [-0.1, -0.05) is 313 Å². The average Bonchev–Trinajstić information content (AvgIpc) is 3.37. The number of ether oxygens (including phenoxy) is 3. The van der Waals surface area contributed by atoms with E-state index in [1.54, 1.807) is 6.08 Å². The largest absolute Gasteiger partial charge is 0.462 e. The van der Waals surface area contributed by atoms with Crippen molar-refractivity contribution in [3.63, 3.8) is 0 Å². The van der Waals surface area contributed by atoms with E-state index in [-0.39, 0.29) is 31.6 Å². The number of carbonyl (C=O) groups is 3. The van der Waals surface area contributed by atoms with Crippen molar-refractivity contribution in [1.29, 1.82) is 0 Å². The number of hydrogen-bond donors (Lipinski definition) is 0. The average molecular weight is 994 g/mol. The van der Waals surface area contributed by atoms with Gasteiger partial charge in [0.15, 0.2) is 6.10 Å². The van der Waals surface area contributed by atoms with Gasteiger partial charge < -0.3 is 14.2 Å². The molecule has 0 aliphatic carbocycles. The Bertz CT molecular complexity index is 1280. The summed E-state index contributed by atoms with van der Waals surface area (Å²) in [4.78, 5) is 38.0. The van der Waals surface area contributed by atoms with Gasteiger partial charge in [0.2, 0.25) is 0 Å². The molecule has 0 amide bonds. The van der Waals surface area contributed by atoms with Gasteiger partial charge in [-0.2, -0.15) is 0 Å². The molecule has 0 spiro atoms. The van der Waals surface area contributed by atoms with Crippen molar-refractivity contribution in [1.82, 2.24) is 0 Å². The summed E-state index contributed by atoms with van der Waals surface area (Å²) in [5.74, 6) is -1.03. The molecule has 1 atom stereocenters. The Labute approximate surface area is 440 Å². The van der Waals surface area contributed by atoms with Gasteiger partial charge in [0, 0.05) is 12.8 Å². The number of allylic oxidation sites excluding steroid dienone is 9. The number of rotatable bonds is 56. The third-order valence-electron chi connectivity index (χ3n) is 13.6. The van der Waals surface area contributed by atoms with Crippen LogP contribution in [0.4, 0.5) is 0 Å². The lowest BCUT2D eigenvalue weighted by Gasteiger charge is -2.18. The molecule has 1 unspecified atom stereocenters. The summed E-state index contributed by atoms with van der Waals surface area (Å²) in [5.41, 5.74) is 0. The minimum Gasteiger partial charge on any atom is -0.462 e. The Balaban J connectivity index is 4.22. The molecule has 0 saturated carbocycles. The van der Waals surface area contributed by atoms with Crippen molar-refractivity contribution in [3.8, 4) is 0 Å². The molecule has 0 heterocycles. The zero-order valence-corrected chi connectivity index (χ0v) is 47.2. The molecule has 0 saturated heterocycles. The minimum atomic E-state index is -0.825. The summed E-state index contributed by atoms with van der Waals surface area (Å²) in [5, 5.41) is 0. The van der Waals surface area contributed by atoms with E-state index in [0.717, 1.165) is 70.6 Å². The van der Waals surface area contributed by atoms with Crippen LogP contribution in [-0.2, 0) is 28.6 Å². The van der Waals surface area contributed by atoms with E-state index >= 15 is 0 Å². The second-order valence-electron chi connectivity index (χ2n) is 20.6. The maximum Gasteiger partial charge on any atom is 0.310 e. The van der Waals surface area contributed by atoms with Crippen molar-refractivity contribution in [3.05, 3.63) is 60.8 Å². The molecule has 412 valence electrons. The Morgan fingerprint density at radius 1 is 0.296 bits per heavy atom. The highest BCUT2D eigenvalue weighted by atomic mass is 16.6. The van der Waals surface area contributed by atoms with E-state index in [0.29, 0.717) is 12.8 Å². The number of esters is 3. The predicted octanol–water partition coefficient (Wildman–Crippen LogP) is 20.8. The number of unbranched alkanes of at least 4 members (excludes halogenated alkanes) is 36. The molecule has 0 radical (unpaired) electrons. The number of hydrogen-bond acceptors (Lipinski definition) is 6. The zero-order chi connectivity index (χ0) is 51.4. The molecule has 6 nitrogen and oxygen atoms in total. The Hall–Kier alpha value is -2.89. The molecule has 0 aromatic carbocycles. The van der Waals surface area contributed by atoms with Gasteiger partial charge in [0.1, 0.15) is 13.2 Å². The monoisotopic (exact) mass is 993 g/mol. The fraction of sp³-hybridized carbons (Fsp3) is 0.800. The highest BCUT2D eigenvalue weighted by molar-refractivity contribution is 5.72. The molecule has 0 bridgehead atoms. The van der Waals surface area contributed by atoms with Crippen LogP contribution in [0.5, 0.6) is 0 Å². The highest BCUT2D eigenvalue weighted by Crippen LogP contribution is 2.17. The van der Waals surface area contributed by atoms with Crippen LogP contribution >= 0.6 is 0 Å². The number of carbonyl (C=O) groups excluding carboxylic acids is 3. The molecular formula is C65H116O6. The molecular weight excluding hydrogens is 877 g/mol. The van der Waals surface area contributed by atoms with Gasteiger partial charge in [0.05, 0.1) is 6.42 Å². The van der Waals surface area contributed by atoms with Gasteiger partial charge in [-0.3, -0.25) is 14.4 Å². The molecule has 71 heavy (non-hydrogen) atoms. The Morgan fingerprint density at radius 3 is 0.803 bits per heavy atom. The fourth-order valence-corrected chi connectivity index (χ4v) is 8.99. The normalized spacial score (nSPS) is 12.4. The van der Waals surface area contributed by atoms with E-state index in [9.17, 15) is 14.4 Å². The summed E-state index contributed by atoms with van der Waals surface area (Å²) in [6.07, 6.45) is 75.6. The standard InChI is InChI=1S/C65H116O6/c1-4-7-10-13-16-19-22-24-26-27-28-29-30-31-32-33-34-35-36-37-39-40-43-46-49-52-55-58-64(67)70-61-62(60-69-63(66)57-54-51-48-45-42-21-18-15-12-9-6-3)71-65(68)59-56-53-50-47-44-41-38-25-23-20-17-14-11-8-5-2/h8,11,17,20,25,38,44,47,53,56,62H,4-7,9-10,12-16,18-19,21-24,26-37,39-43,45-46,48-52,54-55,57-61H2,1-3H3/b11-8-,20-17-,38-25-,47-44-,56-53-. The lowest BCUT2D eigenvalue weighted by Crippen LogP contribution is -2.30. The van der Waals surface area contributed by atoms with E-state index in [1.807, 2.05) is 6.08 Å². The summed E-state index contributed by atoms with van der Waals surface area (Å²) in [6, 6.07) is 0. The second-order valence-corrected chi connectivity index (χ2v) is 20.6. The van der Waals surface area contributed by atoms with Crippen LogP contribution in [0.25, 0.3) is 0 Å². The first-order valence-electron chi connectivity index (χ1n) is 30.8. The van der Waals surface area contributed by atoms with E-state index in [2.05, 4.69) is 69.4 Å². The predicted molar refractivity (Wildman–Crippen MR) is 307 cm³/mol. The molecule has 0 aromatic heterocycles. The molecule has 6 heteroatoms. The molecule has 0 aromatic rings. The lowest BCUT2D eigenvalue weighted by molar-refractivity contribution is -0.166. The van der Waals surface area contributed by atoms with E-state index in [1.165, 1.54) is 205 Å². The summed E-state index contributed by atoms with van der Waals surface area (Å²) >= 11 is 0. The Kier molecular flexibility index (Phi) is 57.2. The van der Waals surface area contributed by atoms with E-state index < -0.39 is 12.1 Å². The van der Waals surface area contributed by atoms with Gasteiger partial charge in [-0.15, -0.1) is 0 Å². The van der Waals surface area contributed by atoms with Crippen LogP contribution in [0.3, 0.4) is 0 Å². The van der Waals surface area contributed by atoms with Gasteiger partial charge in [-0.05, 0) is 44.9 Å². The third-order valence-corrected chi connectivity index (χ3v) is 13.6. The fourth-order valence-electron chi connectivity index (χ4n) is 8.99. The van der Waals surface area contributed by atoms with Crippen molar-refractivity contribution >= 4 is 17.9 Å². The van der Waals surface area contributed by atoms with Crippen molar-refractivity contribution in [2.45, 2.75) is 322 Å². The molecule has 0 aliphatic heterocycles. The zero-order valence-electron chi connectivity index (χ0n) is 47.2. The minimum absolute atomic E-state index is 0.101. The van der Waals surface area contributed by atoms with Gasteiger partial charge in [-0.25, -0.2) is 0 Å². The first kappa shape index (κ1) is 68.1. The molecule has 0 rings (SSSR count). The van der Waals surface area contributed by atoms with E-state index in [4.69, 9.17) is 14.2 Å². The van der Waals surface area contributed by atoms with Crippen LogP contribution in [0, 0.1) is 0 Å². The maximum absolute atomic E-state index is 12.8. The quantitative estimate of drug-likeness (QED) is 0.0261. The summed E-state index contributed by atoms with van der Waals surface area (Å²) < 4.78 is 16.8. The van der Waals surface area contributed by atoms with Crippen LogP contribution in [-0.4, -0.2) is 37.2 Å². The smallest absolute Gasteiger partial charge is 0.310 e. The second kappa shape index (κ2) is 59.7. The highest BCUT2D eigenvalue weighted by Gasteiger charge is 2.19. The van der Waals surface area contributed by atoms with Crippen molar-refractivity contribution in [2.75, 3.05) is 13.2 Å². The van der Waals surface area contributed by atoms with Crippen LogP contribution < -0.4 is 0 Å². The summed E-state index contributed by atoms with van der Waals surface area (Å²) in [7, 11) is 0. The first-order valence-corrected chi connectivity index (χ1v) is 30.8. The lowest BCUT2D eigenvalue weighted by atomic mass is 10.0. The third kappa shape index (κ3) is 57.9. The van der Waals surface area contributed by atoms with Crippen LogP contribution in [0.2, 0.25) is 0 Å². The van der Waals surface area contributed by atoms with Gasteiger partial charge in [0.25, 0.3) is 0 Å².